The Morgan fingerprint density at radius 2 is 1.49 bits per heavy atom. The van der Waals surface area contributed by atoms with Crippen molar-refractivity contribution in [1.82, 2.24) is 15.3 Å². The number of para-hydroxylation sites is 2. The first kappa shape index (κ1) is 29.0. The summed E-state index contributed by atoms with van der Waals surface area (Å²) in [6.07, 6.45) is -5.08. The van der Waals surface area contributed by atoms with E-state index >= 15 is 0 Å². The average Bonchev–Trinajstić information content (AvgIpc) is 3.42. The van der Waals surface area contributed by atoms with E-state index in [1.807, 2.05) is 42.5 Å². The van der Waals surface area contributed by atoms with Crippen molar-refractivity contribution in [2.24, 2.45) is 0 Å². The van der Waals surface area contributed by atoms with E-state index in [1.165, 1.54) is 12.7 Å². The van der Waals surface area contributed by atoms with Gasteiger partial charge in [0.1, 0.15) is 5.82 Å². The third-order valence-corrected chi connectivity index (χ3v) is 6.06. The van der Waals surface area contributed by atoms with Gasteiger partial charge in [0.2, 0.25) is 0 Å². The van der Waals surface area contributed by atoms with Crippen LogP contribution in [0.15, 0.2) is 97.1 Å². The van der Waals surface area contributed by atoms with Crippen LogP contribution in [0.5, 0.6) is 0 Å². The van der Waals surface area contributed by atoms with E-state index in [0.717, 1.165) is 45.7 Å². The molecule has 0 aliphatic carbocycles. The van der Waals surface area contributed by atoms with Crippen LogP contribution in [0.2, 0.25) is 0 Å². The number of nitrogens with one attached hydrogen (secondary N) is 2. The second kappa shape index (κ2) is 12.9. The van der Waals surface area contributed by atoms with Crippen molar-refractivity contribution in [1.29, 1.82) is 0 Å². The Morgan fingerprint density at radius 3 is 2.17 bits per heavy atom. The highest BCUT2D eigenvalue weighted by atomic mass is 19.4. The summed E-state index contributed by atoms with van der Waals surface area (Å²) in [4.78, 5) is 28.7. The van der Waals surface area contributed by atoms with Gasteiger partial charge in [0.05, 0.1) is 23.7 Å². The molecular formula is C31H26F3N3O4. The van der Waals surface area contributed by atoms with Crippen molar-refractivity contribution in [2.75, 3.05) is 7.11 Å². The average molecular weight is 562 g/mol. The number of halogens is 3. The minimum atomic E-state index is -5.08. The van der Waals surface area contributed by atoms with Gasteiger partial charge >= 0.3 is 18.1 Å². The monoisotopic (exact) mass is 561 g/mol. The number of carboxylic acid groups (broad SMARTS) is 1. The quantitative estimate of drug-likeness (QED) is 0.193. The van der Waals surface area contributed by atoms with Crippen LogP contribution < -0.4 is 5.32 Å². The Labute approximate surface area is 233 Å². The lowest BCUT2D eigenvalue weighted by Gasteiger charge is -2.08. The maximum absolute atomic E-state index is 11.7. The summed E-state index contributed by atoms with van der Waals surface area (Å²) < 4.78 is 36.5. The van der Waals surface area contributed by atoms with Gasteiger partial charge in [0.25, 0.3) is 0 Å². The van der Waals surface area contributed by atoms with Crippen molar-refractivity contribution in [3.8, 4) is 22.5 Å². The van der Waals surface area contributed by atoms with Gasteiger partial charge < -0.3 is 20.1 Å². The van der Waals surface area contributed by atoms with Crippen LogP contribution in [0.1, 0.15) is 21.5 Å². The Hall–Kier alpha value is -4.96. The fourth-order valence-electron chi connectivity index (χ4n) is 4.03. The molecule has 3 N–H and O–H groups in total. The van der Waals surface area contributed by atoms with Crippen molar-refractivity contribution >= 4 is 23.0 Å². The maximum Gasteiger partial charge on any atom is 0.490 e. The largest absolute Gasteiger partial charge is 0.490 e. The van der Waals surface area contributed by atoms with Gasteiger partial charge in [-0.25, -0.2) is 14.6 Å². The number of rotatable bonds is 7. The number of aliphatic carboxylic acids is 1. The summed E-state index contributed by atoms with van der Waals surface area (Å²) in [5, 5.41) is 10.6. The van der Waals surface area contributed by atoms with Gasteiger partial charge in [0, 0.05) is 18.7 Å². The molecule has 210 valence electrons. The van der Waals surface area contributed by atoms with Crippen molar-refractivity contribution in [2.45, 2.75) is 19.3 Å². The predicted molar refractivity (Wildman–Crippen MR) is 149 cm³/mol. The number of carbonyl (C=O) groups excluding carboxylic acids is 1. The fraction of sp³-hybridized carbons (Fsp3) is 0.129. The summed E-state index contributed by atoms with van der Waals surface area (Å²) in [6, 6.07) is 32.6. The standard InChI is InChI=1S/C29H25N3O2.C2HF3O2/c1-34-29(33)25-9-4-6-21(16-25)19-30-18-20-12-14-22(15-13-20)23-7-5-8-24(17-23)28-31-26-10-2-3-11-27(26)32-28;3-2(4,5)1(6)7/h2-17,30H,18-19H2,1H3,(H,31,32);(H,6,7). The van der Waals surface area contributed by atoms with Crippen molar-refractivity contribution in [3.63, 3.8) is 0 Å². The molecule has 10 heteroatoms. The van der Waals surface area contributed by atoms with Crippen LogP contribution >= 0.6 is 0 Å². The summed E-state index contributed by atoms with van der Waals surface area (Å²) in [5.74, 6) is -2.20. The molecule has 0 saturated carbocycles. The molecule has 5 aromatic rings. The number of esters is 1. The zero-order valence-electron chi connectivity index (χ0n) is 21.9. The molecular weight excluding hydrogens is 535 g/mol. The fourth-order valence-corrected chi connectivity index (χ4v) is 4.03. The molecule has 4 aromatic carbocycles. The number of ether oxygens (including phenoxy) is 1. The van der Waals surface area contributed by atoms with Gasteiger partial charge in [-0.2, -0.15) is 13.2 Å². The molecule has 0 radical (unpaired) electrons. The Kier molecular flexibility index (Phi) is 9.15. The molecule has 41 heavy (non-hydrogen) atoms. The third-order valence-electron chi connectivity index (χ3n) is 6.06. The van der Waals surface area contributed by atoms with E-state index < -0.39 is 12.1 Å². The van der Waals surface area contributed by atoms with Crippen LogP contribution in [-0.2, 0) is 22.6 Å². The van der Waals surface area contributed by atoms with E-state index in [1.54, 1.807) is 6.07 Å². The van der Waals surface area contributed by atoms with E-state index in [2.05, 4.69) is 58.8 Å². The maximum atomic E-state index is 11.7. The van der Waals surface area contributed by atoms with Crippen LogP contribution in [0.25, 0.3) is 33.5 Å². The van der Waals surface area contributed by atoms with Gasteiger partial charge in [-0.1, -0.05) is 66.7 Å². The minimum absolute atomic E-state index is 0.318. The van der Waals surface area contributed by atoms with Crippen molar-refractivity contribution in [3.05, 3.63) is 114 Å². The number of nitrogens with zero attached hydrogens (tertiary/aromatic N) is 1. The Balaban J connectivity index is 0.000000493. The zero-order chi connectivity index (χ0) is 29.4. The number of H-pyrrole nitrogens is 1. The second-order valence-corrected chi connectivity index (χ2v) is 8.98. The van der Waals surface area contributed by atoms with Gasteiger partial charge in [-0.15, -0.1) is 0 Å². The highest BCUT2D eigenvalue weighted by Crippen LogP contribution is 2.26. The number of hydrogen-bond donors (Lipinski definition) is 3. The summed E-state index contributed by atoms with van der Waals surface area (Å²) in [5.41, 5.74) is 8.19. The van der Waals surface area contributed by atoms with Crippen LogP contribution in [0.4, 0.5) is 13.2 Å². The Morgan fingerprint density at radius 1 is 0.829 bits per heavy atom. The number of alkyl halides is 3. The lowest BCUT2D eigenvalue weighted by atomic mass is 10.0. The number of benzene rings is 4. The molecule has 0 aliphatic rings. The molecule has 0 fully saturated rings. The number of carbonyl (C=O) groups is 2. The molecule has 1 aromatic heterocycles. The molecule has 0 amide bonds. The van der Waals surface area contributed by atoms with E-state index in [-0.39, 0.29) is 5.97 Å². The van der Waals surface area contributed by atoms with E-state index in [9.17, 15) is 18.0 Å². The topological polar surface area (TPSA) is 104 Å². The predicted octanol–water partition coefficient (Wildman–Crippen LogP) is 6.61. The van der Waals surface area contributed by atoms with Crippen molar-refractivity contribution < 1.29 is 32.6 Å². The van der Waals surface area contributed by atoms with Gasteiger partial charge in [-0.05, 0) is 52.6 Å². The number of carboxylic acids is 1. The summed E-state index contributed by atoms with van der Waals surface area (Å²) >= 11 is 0. The third kappa shape index (κ3) is 7.80. The normalized spacial score (nSPS) is 11.0. The molecule has 0 spiro atoms. The molecule has 0 saturated heterocycles. The van der Waals surface area contributed by atoms with E-state index in [4.69, 9.17) is 19.6 Å². The highest BCUT2D eigenvalue weighted by Gasteiger charge is 2.38. The smallest absolute Gasteiger partial charge is 0.475 e. The number of imidazole rings is 1. The molecule has 7 nitrogen and oxygen atoms in total. The summed E-state index contributed by atoms with van der Waals surface area (Å²) in [7, 11) is 1.39. The van der Waals surface area contributed by atoms with Gasteiger partial charge in [-0.3, -0.25) is 0 Å². The van der Waals surface area contributed by atoms with Crippen LogP contribution in [0.3, 0.4) is 0 Å². The second-order valence-electron chi connectivity index (χ2n) is 8.98. The molecule has 0 bridgehead atoms. The first-order valence-electron chi connectivity index (χ1n) is 12.5. The lowest BCUT2D eigenvalue weighted by Crippen LogP contribution is -2.21. The SMILES string of the molecule is COC(=O)c1cccc(CNCc2ccc(-c3cccc(-c4nc5ccccc5[nH]4)c3)cc2)c1.O=C(O)C(F)(F)F. The molecule has 0 aliphatic heterocycles. The van der Waals surface area contributed by atoms with Crippen LogP contribution in [0, 0.1) is 0 Å². The number of fused-ring (bicyclic) bond motifs is 1. The number of methoxy groups -OCH3 is 1. The first-order chi connectivity index (χ1) is 19.6. The Bertz CT molecular complexity index is 1610. The summed E-state index contributed by atoms with van der Waals surface area (Å²) in [6.45, 7) is 1.41. The number of aromatic amines is 1. The molecule has 0 unspecified atom stereocenters. The number of aromatic nitrogens is 2. The van der Waals surface area contributed by atoms with E-state index in [0.29, 0.717) is 12.1 Å². The molecule has 0 atom stereocenters. The first-order valence-corrected chi connectivity index (χ1v) is 12.5. The highest BCUT2D eigenvalue weighted by molar-refractivity contribution is 5.89. The zero-order valence-corrected chi connectivity index (χ0v) is 21.9. The van der Waals surface area contributed by atoms with Gasteiger partial charge in [0.15, 0.2) is 0 Å². The molecule has 1 heterocycles. The number of hydrogen-bond acceptors (Lipinski definition) is 5. The minimum Gasteiger partial charge on any atom is -0.475 e. The lowest BCUT2D eigenvalue weighted by molar-refractivity contribution is -0.192. The molecule has 5 rings (SSSR count). The van der Waals surface area contributed by atoms with Crippen LogP contribution in [-0.4, -0.2) is 40.3 Å².